The number of anilines is 1. The van der Waals surface area contributed by atoms with E-state index >= 15 is 0 Å². The maximum Gasteiger partial charge on any atom is 0.332 e. The van der Waals surface area contributed by atoms with Crippen molar-refractivity contribution < 1.29 is 22.7 Å². The monoisotopic (exact) mass is 624 g/mol. The van der Waals surface area contributed by atoms with Gasteiger partial charge >= 0.3 is 11.7 Å². The van der Waals surface area contributed by atoms with Crippen molar-refractivity contribution >= 4 is 33.8 Å². The van der Waals surface area contributed by atoms with E-state index in [1.807, 2.05) is 39.0 Å². The highest BCUT2D eigenvalue weighted by atomic mass is 32.2. The largest absolute Gasteiger partial charge is 0.496 e. The Kier molecular flexibility index (Phi) is 8.73. The van der Waals surface area contributed by atoms with Crippen LogP contribution in [0.4, 0.5) is 5.69 Å². The minimum absolute atomic E-state index is 0.0511. The number of sulfonamides is 1. The Labute approximate surface area is 257 Å². The molecule has 1 atom stereocenters. The molecule has 1 unspecified atom stereocenters. The zero-order valence-electron chi connectivity index (χ0n) is 26.3. The van der Waals surface area contributed by atoms with Crippen LogP contribution in [0.25, 0.3) is 17.8 Å². The number of ether oxygens (including phenoxy) is 2. The van der Waals surface area contributed by atoms with Crippen LogP contribution in [0.3, 0.4) is 0 Å². The quantitative estimate of drug-likeness (QED) is 0.184. The number of esters is 1. The van der Waals surface area contributed by atoms with Crippen molar-refractivity contribution in [2.45, 2.75) is 64.5 Å². The Morgan fingerprint density at radius 3 is 2.25 bits per heavy atom. The van der Waals surface area contributed by atoms with Gasteiger partial charge in [-0.25, -0.2) is 13.2 Å². The molecule has 44 heavy (non-hydrogen) atoms. The average molecular weight is 625 g/mol. The lowest BCUT2D eigenvalue weighted by molar-refractivity contribution is -0.155. The predicted octanol–water partition coefficient (Wildman–Crippen LogP) is 3.90. The minimum Gasteiger partial charge on any atom is -0.496 e. The van der Waals surface area contributed by atoms with Gasteiger partial charge in [0.2, 0.25) is 10.0 Å². The summed E-state index contributed by atoms with van der Waals surface area (Å²) in [5.74, 6) is 0.231. The van der Waals surface area contributed by atoms with Crippen LogP contribution in [0.5, 0.6) is 5.75 Å². The van der Waals surface area contributed by atoms with Crippen molar-refractivity contribution in [2.75, 3.05) is 24.6 Å². The van der Waals surface area contributed by atoms with Gasteiger partial charge in [-0.05, 0) is 61.6 Å². The Morgan fingerprint density at radius 2 is 1.70 bits per heavy atom. The first-order chi connectivity index (χ1) is 20.3. The van der Waals surface area contributed by atoms with E-state index < -0.39 is 32.4 Å². The Morgan fingerprint density at radius 1 is 1.05 bits per heavy atom. The van der Waals surface area contributed by atoms with Gasteiger partial charge in [0.05, 0.1) is 31.0 Å². The molecule has 11 nitrogen and oxygen atoms in total. The second kappa shape index (κ2) is 11.7. The molecule has 0 amide bonds. The maximum absolute atomic E-state index is 12.9. The highest BCUT2D eigenvalue weighted by Crippen LogP contribution is 2.41. The molecule has 1 aromatic heterocycles. The number of carbonyl (C=O) groups excluding carboxylic acids is 1. The van der Waals surface area contributed by atoms with Crippen LogP contribution >= 0.6 is 0 Å². The third-order valence-electron chi connectivity index (χ3n) is 7.00. The van der Waals surface area contributed by atoms with Crippen LogP contribution in [0, 0.1) is 0 Å². The van der Waals surface area contributed by atoms with Crippen molar-refractivity contribution in [3.63, 3.8) is 0 Å². The topological polar surface area (TPSA) is 158 Å². The van der Waals surface area contributed by atoms with E-state index in [1.165, 1.54) is 16.8 Å². The summed E-state index contributed by atoms with van der Waals surface area (Å²) in [5.41, 5.74) is 1.03. The lowest BCUT2D eigenvalue weighted by atomic mass is 9.84. The second-order valence-corrected chi connectivity index (χ2v) is 14.8. The van der Waals surface area contributed by atoms with Gasteiger partial charge in [-0.15, -0.1) is 0 Å². The number of carbonyl (C=O) groups is 1. The van der Waals surface area contributed by atoms with Gasteiger partial charge < -0.3 is 14.8 Å². The van der Waals surface area contributed by atoms with Crippen LogP contribution in [0.1, 0.15) is 70.2 Å². The molecule has 1 aliphatic heterocycles. The molecule has 3 N–H and O–H groups in total. The van der Waals surface area contributed by atoms with Gasteiger partial charge in [0, 0.05) is 35.6 Å². The number of aromatic amines is 1. The van der Waals surface area contributed by atoms with Gasteiger partial charge in [-0.2, -0.15) is 0 Å². The summed E-state index contributed by atoms with van der Waals surface area (Å²) in [6.45, 7) is 12.0. The molecule has 0 radical (unpaired) electrons. The lowest BCUT2D eigenvalue weighted by Gasteiger charge is -2.25. The summed E-state index contributed by atoms with van der Waals surface area (Å²) in [5, 5.41) is 3.30. The predicted molar refractivity (Wildman–Crippen MR) is 172 cm³/mol. The number of hydrogen-bond donors (Lipinski definition) is 3. The first kappa shape index (κ1) is 32.7. The first-order valence-electron chi connectivity index (χ1n) is 14.1. The van der Waals surface area contributed by atoms with Crippen LogP contribution < -0.4 is 26.0 Å². The minimum atomic E-state index is -3.55. The molecule has 0 spiro atoms. The summed E-state index contributed by atoms with van der Waals surface area (Å²) in [7, 11) is -1.97. The fraction of sp³-hybridized carbons (Fsp3) is 0.406. The van der Waals surface area contributed by atoms with Gasteiger partial charge in [0.25, 0.3) is 5.56 Å². The Hall–Kier alpha value is -4.16. The van der Waals surface area contributed by atoms with Gasteiger partial charge in [0.1, 0.15) is 11.4 Å². The normalized spacial score (nSPS) is 17.0. The molecule has 1 fully saturated rings. The third kappa shape index (κ3) is 7.86. The smallest absolute Gasteiger partial charge is 0.332 e. The van der Waals surface area contributed by atoms with Crippen LogP contribution in [0.2, 0.25) is 0 Å². The molecule has 236 valence electrons. The summed E-state index contributed by atoms with van der Waals surface area (Å²) in [4.78, 5) is 39.5. The summed E-state index contributed by atoms with van der Waals surface area (Å²) >= 11 is 0. The van der Waals surface area contributed by atoms with Crippen molar-refractivity contribution in [1.29, 1.82) is 0 Å². The molecule has 12 heteroatoms. The number of nitrogens with zero attached hydrogens (tertiary/aromatic N) is 1. The van der Waals surface area contributed by atoms with Crippen molar-refractivity contribution in [2.24, 2.45) is 0 Å². The summed E-state index contributed by atoms with van der Waals surface area (Å²) < 4.78 is 39.3. The van der Waals surface area contributed by atoms with E-state index in [1.54, 1.807) is 52.1 Å². The molecule has 4 rings (SSSR count). The summed E-state index contributed by atoms with van der Waals surface area (Å²) in [6.07, 6.45) is 6.26. The highest BCUT2D eigenvalue weighted by Gasteiger charge is 2.47. The third-order valence-corrected chi connectivity index (χ3v) is 7.61. The molecule has 3 aromatic rings. The fourth-order valence-corrected chi connectivity index (χ4v) is 5.57. The number of nitrogens with one attached hydrogen (secondary N) is 3. The van der Waals surface area contributed by atoms with Crippen molar-refractivity contribution in [1.82, 2.24) is 14.9 Å². The lowest BCUT2D eigenvalue weighted by Crippen LogP contribution is -2.28. The molecule has 1 aliphatic rings. The standard InChI is InChI=1S/C32H40N4O7S/c1-30(2,3)25-17-23(36-14-13-26(37)34-29(36)39)15-21(28(25)42-7)10-9-20-11-12-22(35-44(8,40)41)16-24(20)32(19-33-32)18-27(38)43-31(4,5)6/h9-17,33,35H,18-19H2,1-8H3,(H,34,37,39)/b10-9+. The zero-order chi connectivity index (χ0) is 32.7. The maximum atomic E-state index is 12.9. The first-order valence-corrected chi connectivity index (χ1v) is 16.0. The van der Waals surface area contributed by atoms with E-state index in [0.29, 0.717) is 29.2 Å². The highest BCUT2D eigenvalue weighted by molar-refractivity contribution is 7.92. The molecule has 2 aromatic carbocycles. The van der Waals surface area contributed by atoms with Crippen LogP contribution in [-0.4, -0.2) is 49.4 Å². The van der Waals surface area contributed by atoms with Crippen LogP contribution in [-0.2, 0) is 30.5 Å². The van der Waals surface area contributed by atoms with E-state index in [0.717, 1.165) is 22.9 Å². The zero-order valence-corrected chi connectivity index (χ0v) is 27.1. The Balaban J connectivity index is 1.86. The number of methoxy groups -OCH3 is 1. The molecule has 0 aliphatic carbocycles. The number of benzene rings is 2. The molecular weight excluding hydrogens is 584 g/mol. The molecule has 0 bridgehead atoms. The van der Waals surface area contributed by atoms with Crippen molar-refractivity contribution in [3.8, 4) is 11.4 Å². The molecular formula is C32H40N4O7S. The van der Waals surface area contributed by atoms with E-state index in [4.69, 9.17) is 9.47 Å². The number of H-pyrrole nitrogens is 1. The van der Waals surface area contributed by atoms with Gasteiger partial charge in [0.15, 0.2) is 0 Å². The Bertz CT molecular complexity index is 1840. The van der Waals surface area contributed by atoms with Gasteiger partial charge in [-0.3, -0.25) is 23.9 Å². The van der Waals surface area contributed by atoms with E-state index in [2.05, 4.69) is 15.0 Å². The molecule has 1 saturated heterocycles. The number of aromatic nitrogens is 2. The fourth-order valence-electron chi connectivity index (χ4n) is 5.02. The second-order valence-electron chi connectivity index (χ2n) is 13.1. The molecule has 2 heterocycles. The number of hydrogen-bond acceptors (Lipinski definition) is 8. The SMILES string of the molecule is COc1c(/C=C/c2ccc(NS(C)(=O)=O)cc2C2(CC(=O)OC(C)(C)C)CN2)cc(-n2ccc(=O)[nH]c2=O)cc1C(C)(C)C. The van der Waals surface area contributed by atoms with Crippen LogP contribution in [0.15, 0.2) is 52.2 Å². The van der Waals surface area contributed by atoms with E-state index in [-0.39, 0.29) is 17.8 Å². The van der Waals surface area contributed by atoms with E-state index in [9.17, 15) is 22.8 Å². The van der Waals surface area contributed by atoms with Crippen molar-refractivity contribution in [3.05, 3.63) is 85.7 Å². The summed E-state index contributed by atoms with van der Waals surface area (Å²) in [6, 6.07) is 10.1. The number of rotatable bonds is 9. The molecule has 0 saturated carbocycles. The van der Waals surface area contributed by atoms with Gasteiger partial charge in [-0.1, -0.05) is 39.0 Å². The average Bonchev–Trinajstić information content (AvgIpc) is 3.64.